The van der Waals surface area contributed by atoms with Crippen LogP contribution in [0, 0.1) is 0 Å². The fourth-order valence-electron chi connectivity index (χ4n) is 1.63. The van der Waals surface area contributed by atoms with E-state index < -0.39 is 0 Å². The Labute approximate surface area is 91.1 Å². The third-order valence-corrected chi connectivity index (χ3v) is 2.57. The van der Waals surface area contributed by atoms with Crippen LogP contribution in [0.4, 0.5) is 0 Å². The highest BCUT2D eigenvalue weighted by molar-refractivity contribution is 6.02. The average Bonchev–Trinajstić information content (AvgIpc) is 2.54. The van der Waals surface area contributed by atoms with Crippen LogP contribution in [0.1, 0.15) is 51.9 Å². The lowest BCUT2D eigenvalue weighted by atomic mass is 10.1. The number of hydrogen-bond acceptors (Lipinski definition) is 2. The first-order valence-electron chi connectivity index (χ1n) is 5.77. The molecular formula is C12H19NO2. The number of carbonyl (C=O) groups excluding carboxylic acids is 2. The Balaban J connectivity index is 2.19. The number of unbranched alkanes of at least 4 members (excludes halogenated alkanes) is 4. The van der Waals surface area contributed by atoms with E-state index in [4.69, 9.17) is 0 Å². The zero-order valence-corrected chi connectivity index (χ0v) is 9.37. The molecule has 0 radical (unpaired) electrons. The van der Waals surface area contributed by atoms with Crippen molar-refractivity contribution in [1.29, 1.82) is 0 Å². The highest BCUT2D eigenvalue weighted by Gasteiger charge is 2.26. The van der Waals surface area contributed by atoms with Gasteiger partial charge in [-0.15, -0.1) is 0 Å². The highest BCUT2D eigenvalue weighted by Crippen LogP contribution is 2.12. The van der Waals surface area contributed by atoms with Crippen molar-refractivity contribution in [2.75, 3.05) is 0 Å². The first-order chi connectivity index (χ1) is 7.25. The van der Waals surface area contributed by atoms with E-state index in [1.165, 1.54) is 24.2 Å². The summed E-state index contributed by atoms with van der Waals surface area (Å²) in [6, 6.07) is 0. The second-order valence-corrected chi connectivity index (χ2v) is 3.89. The molecule has 0 unspecified atom stereocenters. The minimum Gasteiger partial charge on any atom is -0.274 e. The molecule has 0 N–H and O–H groups in total. The lowest BCUT2D eigenvalue weighted by Crippen LogP contribution is -2.22. The monoisotopic (exact) mass is 209 g/mol. The molecule has 0 aromatic heterocycles. The molecule has 1 fully saturated rings. The highest BCUT2D eigenvalue weighted by atomic mass is 16.2. The maximum atomic E-state index is 11.2. The molecule has 1 saturated heterocycles. The van der Waals surface area contributed by atoms with Crippen LogP contribution >= 0.6 is 0 Å². The summed E-state index contributed by atoms with van der Waals surface area (Å²) in [6.45, 7) is 2.18. The third kappa shape index (κ3) is 3.86. The van der Waals surface area contributed by atoms with Gasteiger partial charge in [0, 0.05) is 19.0 Å². The molecular weight excluding hydrogens is 190 g/mol. The molecule has 0 spiro atoms. The number of carbonyl (C=O) groups is 2. The minimum absolute atomic E-state index is 0.0650. The SMILES string of the molecule is CCCCCCC=CN1C(=O)CCC1=O. The number of amides is 2. The molecule has 0 bridgehead atoms. The van der Waals surface area contributed by atoms with E-state index in [0.29, 0.717) is 12.8 Å². The van der Waals surface area contributed by atoms with E-state index in [-0.39, 0.29) is 11.8 Å². The molecule has 1 aliphatic rings. The van der Waals surface area contributed by atoms with E-state index in [9.17, 15) is 9.59 Å². The van der Waals surface area contributed by atoms with Gasteiger partial charge in [0.15, 0.2) is 0 Å². The summed E-state index contributed by atoms with van der Waals surface area (Å²) in [4.78, 5) is 23.7. The predicted molar refractivity (Wildman–Crippen MR) is 59.0 cm³/mol. The van der Waals surface area contributed by atoms with Crippen molar-refractivity contribution in [2.24, 2.45) is 0 Å². The molecule has 0 aromatic rings. The van der Waals surface area contributed by atoms with Crippen LogP contribution in [0.25, 0.3) is 0 Å². The van der Waals surface area contributed by atoms with Gasteiger partial charge >= 0.3 is 0 Å². The minimum atomic E-state index is -0.0650. The number of hydrogen-bond donors (Lipinski definition) is 0. The summed E-state index contributed by atoms with van der Waals surface area (Å²) in [5.41, 5.74) is 0. The molecule has 0 saturated carbocycles. The molecule has 1 rings (SSSR count). The van der Waals surface area contributed by atoms with Crippen LogP contribution in [0.2, 0.25) is 0 Å². The van der Waals surface area contributed by atoms with Crippen molar-refractivity contribution in [1.82, 2.24) is 4.90 Å². The number of imide groups is 1. The van der Waals surface area contributed by atoms with Gasteiger partial charge in [-0.1, -0.05) is 32.3 Å². The van der Waals surface area contributed by atoms with E-state index in [1.807, 2.05) is 6.08 Å². The largest absolute Gasteiger partial charge is 0.274 e. The van der Waals surface area contributed by atoms with Gasteiger partial charge in [0.05, 0.1) is 0 Å². The van der Waals surface area contributed by atoms with Gasteiger partial charge in [-0.2, -0.15) is 0 Å². The molecule has 0 aromatic carbocycles. The molecule has 0 atom stereocenters. The molecule has 15 heavy (non-hydrogen) atoms. The first-order valence-corrected chi connectivity index (χ1v) is 5.77. The fraction of sp³-hybridized carbons (Fsp3) is 0.667. The Morgan fingerprint density at radius 1 is 1.13 bits per heavy atom. The maximum Gasteiger partial charge on any atom is 0.233 e. The zero-order chi connectivity index (χ0) is 11.1. The van der Waals surface area contributed by atoms with Crippen molar-refractivity contribution >= 4 is 11.8 Å². The average molecular weight is 209 g/mol. The Morgan fingerprint density at radius 3 is 2.40 bits per heavy atom. The van der Waals surface area contributed by atoms with Crippen LogP contribution in [0.15, 0.2) is 12.3 Å². The third-order valence-electron chi connectivity index (χ3n) is 2.57. The Morgan fingerprint density at radius 2 is 1.80 bits per heavy atom. The van der Waals surface area contributed by atoms with Crippen LogP contribution in [-0.2, 0) is 9.59 Å². The Kier molecular flexibility index (Phi) is 5.08. The lowest BCUT2D eigenvalue weighted by molar-refractivity contribution is -0.135. The maximum absolute atomic E-state index is 11.2. The van der Waals surface area contributed by atoms with Gasteiger partial charge in [0.1, 0.15) is 0 Å². The first kappa shape index (κ1) is 12.0. The standard InChI is InChI=1S/C12H19NO2/c1-2-3-4-5-6-7-10-13-11(14)8-9-12(13)15/h7,10H,2-6,8-9H2,1H3. The van der Waals surface area contributed by atoms with Gasteiger partial charge in [-0.05, 0) is 12.8 Å². The molecule has 2 amide bonds. The molecule has 0 aliphatic carbocycles. The second kappa shape index (κ2) is 6.38. The van der Waals surface area contributed by atoms with Gasteiger partial charge < -0.3 is 0 Å². The van der Waals surface area contributed by atoms with Crippen molar-refractivity contribution in [3.8, 4) is 0 Å². The van der Waals surface area contributed by atoms with Crippen molar-refractivity contribution in [2.45, 2.75) is 51.9 Å². The number of rotatable bonds is 6. The van der Waals surface area contributed by atoms with Crippen LogP contribution in [0.5, 0.6) is 0 Å². The van der Waals surface area contributed by atoms with Crippen molar-refractivity contribution in [3.05, 3.63) is 12.3 Å². The summed E-state index contributed by atoms with van der Waals surface area (Å²) in [6.07, 6.45) is 10.1. The van der Waals surface area contributed by atoms with Gasteiger partial charge in [0.25, 0.3) is 0 Å². The smallest absolute Gasteiger partial charge is 0.233 e. The number of allylic oxidation sites excluding steroid dienone is 1. The normalized spacial score (nSPS) is 17.0. The summed E-state index contributed by atoms with van der Waals surface area (Å²) < 4.78 is 0. The summed E-state index contributed by atoms with van der Waals surface area (Å²) in [7, 11) is 0. The van der Waals surface area contributed by atoms with Crippen LogP contribution in [0.3, 0.4) is 0 Å². The molecule has 3 nitrogen and oxygen atoms in total. The fourth-order valence-corrected chi connectivity index (χ4v) is 1.63. The van der Waals surface area contributed by atoms with E-state index in [2.05, 4.69) is 6.92 Å². The molecule has 3 heteroatoms. The molecule has 84 valence electrons. The topological polar surface area (TPSA) is 37.4 Å². The van der Waals surface area contributed by atoms with Gasteiger partial charge in [-0.25, -0.2) is 0 Å². The van der Waals surface area contributed by atoms with E-state index in [1.54, 1.807) is 6.20 Å². The van der Waals surface area contributed by atoms with Crippen molar-refractivity contribution < 1.29 is 9.59 Å². The van der Waals surface area contributed by atoms with Gasteiger partial charge in [-0.3, -0.25) is 14.5 Å². The Hall–Kier alpha value is -1.12. The summed E-state index contributed by atoms with van der Waals surface area (Å²) >= 11 is 0. The van der Waals surface area contributed by atoms with Crippen molar-refractivity contribution in [3.63, 3.8) is 0 Å². The van der Waals surface area contributed by atoms with E-state index >= 15 is 0 Å². The summed E-state index contributed by atoms with van der Waals surface area (Å²) in [5, 5.41) is 0. The van der Waals surface area contributed by atoms with Crippen LogP contribution in [-0.4, -0.2) is 16.7 Å². The number of likely N-dealkylation sites (tertiary alicyclic amines) is 1. The zero-order valence-electron chi connectivity index (χ0n) is 9.37. The van der Waals surface area contributed by atoms with Crippen LogP contribution < -0.4 is 0 Å². The second-order valence-electron chi connectivity index (χ2n) is 3.89. The molecule has 1 heterocycles. The number of nitrogens with zero attached hydrogens (tertiary/aromatic N) is 1. The summed E-state index contributed by atoms with van der Waals surface area (Å²) in [5.74, 6) is -0.130. The van der Waals surface area contributed by atoms with E-state index in [0.717, 1.165) is 12.8 Å². The lowest BCUT2D eigenvalue weighted by Gasteiger charge is -2.06. The van der Waals surface area contributed by atoms with Gasteiger partial charge in [0.2, 0.25) is 11.8 Å². The predicted octanol–water partition coefficient (Wildman–Crippen LogP) is 2.62. The quantitative estimate of drug-likeness (QED) is 0.498. The Bertz CT molecular complexity index is 242. The molecule has 1 aliphatic heterocycles.